The Morgan fingerprint density at radius 3 is 2.35 bits per heavy atom. The zero-order valence-electron chi connectivity index (χ0n) is 14.4. The lowest BCUT2D eigenvalue weighted by atomic mass is 10.0. The standard InChI is InChI=1S/C14H25NO7S/c1-13(2,3)21-12(16)15-7-9-11(20-14(4,5)19-9)10(8-15)22-23(6,17)18/h9-11H,7-8H2,1-6H3/t9-,10+,11-/m0/s1. The molecule has 8 nitrogen and oxygen atoms in total. The maximum Gasteiger partial charge on any atom is 0.410 e. The van der Waals surface area contributed by atoms with Crippen LogP contribution in [0.3, 0.4) is 0 Å². The predicted molar refractivity (Wildman–Crippen MR) is 81.3 cm³/mol. The van der Waals surface area contributed by atoms with Gasteiger partial charge in [0.2, 0.25) is 0 Å². The molecule has 2 heterocycles. The molecule has 2 aliphatic rings. The Bertz CT molecular complexity index is 566. The number of hydrogen-bond donors (Lipinski definition) is 0. The molecule has 0 N–H and O–H groups in total. The van der Waals surface area contributed by atoms with Gasteiger partial charge in [0.25, 0.3) is 10.1 Å². The van der Waals surface area contributed by atoms with E-state index in [2.05, 4.69) is 0 Å². The highest BCUT2D eigenvalue weighted by Gasteiger charge is 2.51. The second-order valence-electron chi connectivity index (χ2n) is 7.36. The summed E-state index contributed by atoms with van der Waals surface area (Å²) in [5.74, 6) is -0.863. The number of fused-ring (bicyclic) bond motifs is 1. The van der Waals surface area contributed by atoms with Gasteiger partial charge < -0.3 is 19.1 Å². The first kappa shape index (κ1) is 18.4. The number of amides is 1. The van der Waals surface area contributed by atoms with Crippen molar-refractivity contribution in [1.82, 2.24) is 4.90 Å². The van der Waals surface area contributed by atoms with Crippen molar-refractivity contribution in [2.45, 2.75) is 64.3 Å². The highest BCUT2D eigenvalue weighted by Crippen LogP contribution is 2.35. The maximum atomic E-state index is 12.3. The van der Waals surface area contributed by atoms with Crippen LogP contribution < -0.4 is 0 Å². The summed E-state index contributed by atoms with van der Waals surface area (Å²) >= 11 is 0. The third-order valence-corrected chi connectivity index (χ3v) is 3.94. The summed E-state index contributed by atoms with van der Waals surface area (Å²) in [6, 6.07) is 0. The van der Waals surface area contributed by atoms with Crippen LogP contribution in [0.5, 0.6) is 0 Å². The summed E-state index contributed by atoms with van der Waals surface area (Å²) in [5, 5.41) is 0. The molecule has 23 heavy (non-hydrogen) atoms. The lowest BCUT2D eigenvalue weighted by Crippen LogP contribution is -2.57. The molecule has 0 spiro atoms. The van der Waals surface area contributed by atoms with Gasteiger partial charge in [-0.1, -0.05) is 0 Å². The summed E-state index contributed by atoms with van der Waals surface area (Å²) < 4.78 is 45.0. The van der Waals surface area contributed by atoms with Crippen molar-refractivity contribution in [2.24, 2.45) is 0 Å². The Labute approximate surface area is 137 Å². The third kappa shape index (κ3) is 5.03. The lowest BCUT2D eigenvalue weighted by Gasteiger charge is -2.38. The monoisotopic (exact) mass is 351 g/mol. The number of carbonyl (C=O) groups excluding carboxylic acids is 1. The van der Waals surface area contributed by atoms with Crippen molar-refractivity contribution < 1.29 is 31.6 Å². The second kappa shape index (κ2) is 5.87. The van der Waals surface area contributed by atoms with Crippen molar-refractivity contribution >= 4 is 16.2 Å². The average Bonchev–Trinajstić information content (AvgIpc) is 2.59. The number of carbonyl (C=O) groups is 1. The van der Waals surface area contributed by atoms with E-state index in [0.29, 0.717) is 0 Å². The smallest absolute Gasteiger partial charge is 0.410 e. The van der Waals surface area contributed by atoms with Gasteiger partial charge in [0.15, 0.2) is 5.79 Å². The molecular weight excluding hydrogens is 326 g/mol. The van der Waals surface area contributed by atoms with E-state index in [9.17, 15) is 13.2 Å². The fourth-order valence-corrected chi connectivity index (χ4v) is 3.34. The SMILES string of the molecule is CC(C)(C)OC(=O)N1C[C@@H]2OC(C)(C)O[C@@H]2[C@H](OS(C)(=O)=O)C1. The Balaban J connectivity index is 2.18. The topological polar surface area (TPSA) is 91.4 Å². The molecule has 9 heteroatoms. The first-order valence-electron chi connectivity index (χ1n) is 7.48. The number of likely N-dealkylation sites (tertiary alicyclic amines) is 1. The number of ether oxygens (including phenoxy) is 3. The first-order valence-corrected chi connectivity index (χ1v) is 9.29. The lowest BCUT2D eigenvalue weighted by molar-refractivity contribution is -0.150. The molecule has 3 atom stereocenters. The van der Waals surface area contributed by atoms with Gasteiger partial charge in [0.05, 0.1) is 19.3 Å². The molecule has 0 aromatic heterocycles. The number of nitrogens with zero attached hydrogens (tertiary/aromatic N) is 1. The number of rotatable bonds is 2. The maximum absolute atomic E-state index is 12.3. The first-order chi connectivity index (χ1) is 10.3. The molecule has 134 valence electrons. The minimum atomic E-state index is -3.70. The Kier molecular flexibility index (Phi) is 4.71. The van der Waals surface area contributed by atoms with Crippen molar-refractivity contribution in [1.29, 1.82) is 0 Å². The zero-order valence-corrected chi connectivity index (χ0v) is 15.2. The van der Waals surface area contributed by atoms with E-state index < -0.39 is 45.9 Å². The van der Waals surface area contributed by atoms with Crippen molar-refractivity contribution in [3.05, 3.63) is 0 Å². The fourth-order valence-electron chi connectivity index (χ4n) is 2.72. The van der Waals surface area contributed by atoms with Crippen LogP contribution in [-0.2, 0) is 28.5 Å². The van der Waals surface area contributed by atoms with Crippen LogP contribution in [0.1, 0.15) is 34.6 Å². The van der Waals surface area contributed by atoms with E-state index in [1.165, 1.54) is 4.90 Å². The van der Waals surface area contributed by atoms with Gasteiger partial charge in [0.1, 0.15) is 23.9 Å². The Hall–Kier alpha value is -0.900. The van der Waals surface area contributed by atoms with Gasteiger partial charge in [-0.25, -0.2) is 4.79 Å². The van der Waals surface area contributed by atoms with Crippen LogP contribution in [0.4, 0.5) is 4.79 Å². The molecule has 0 saturated carbocycles. The van der Waals surface area contributed by atoms with E-state index in [0.717, 1.165) is 6.26 Å². The zero-order chi connectivity index (χ0) is 17.6. The normalized spacial score (nSPS) is 30.9. The molecule has 1 amide bonds. The fraction of sp³-hybridized carbons (Fsp3) is 0.929. The highest BCUT2D eigenvalue weighted by molar-refractivity contribution is 7.86. The number of piperidine rings is 1. The molecule has 0 bridgehead atoms. The molecule has 2 saturated heterocycles. The van der Waals surface area contributed by atoms with Gasteiger partial charge in [0, 0.05) is 0 Å². The summed E-state index contributed by atoms with van der Waals surface area (Å²) in [6.45, 7) is 9.08. The van der Waals surface area contributed by atoms with Crippen LogP contribution in [0.15, 0.2) is 0 Å². The minimum absolute atomic E-state index is 0.0581. The quantitative estimate of drug-likeness (QED) is 0.688. The van der Waals surface area contributed by atoms with Crippen LogP contribution in [0.2, 0.25) is 0 Å². The Morgan fingerprint density at radius 1 is 1.22 bits per heavy atom. The summed E-state index contributed by atoms with van der Waals surface area (Å²) in [6.07, 6.45) is -1.43. The van der Waals surface area contributed by atoms with E-state index in [4.69, 9.17) is 18.4 Å². The molecule has 2 fully saturated rings. The van der Waals surface area contributed by atoms with E-state index >= 15 is 0 Å². The number of hydrogen-bond acceptors (Lipinski definition) is 7. The summed E-state index contributed by atoms with van der Waals surface area (Å²) in [4.78, 5) is 13.7. The molecule has 2 aliphatic heterocycles. The summed E-state index contributed by atoms with van der Waals surface area (Å²) in [5.41, 5.74) is -0.645. The van der Waals surface area contributed by atoms with Gasteiger partial charge >= 0.3 is 6.09 Å². The van der Waals surface area contributed by atoms with E-state index in [1.54, 1.807) is 34.6 Å². The molecule has 0 unspecified atom stereocenters. The van der Waals surface area contributed by atoms with Gasteiger partial charge in [-0.2, -0.15) is 8.42 Å². The van der Waals surface area contributed by atoms with Crippen LogP contribution in [0, 0.1) is 0 Å². The second-order valence-corrected chi connectivity index (χ2v) is 8.96. The molecular formula is C14H25NO7S. The van der Waals surface area contributed by atoms with Gasteiger partial charge in [-0.3, -0.25) is 4.18 Å². The molecule has 2 rings (SSSR count). The third-order valence-electron chi connectivity index (χ3n) is 3.34. The highest BCUT2D eigenvalue weighted by atomic mass is 32.2. The van der Waals surface area contributed by atoms with Gasteiger partial charge in [-0.05, 0) is 34.6 Å². The summed E-state index contributed by atoms with van der Waals surface area (Å²) in [7, 11) is -3.70. The Morgan fingerprint density at radius 2 is 1.83 bits per heavy atom. The van der Waals surface area contributed by atoms with Crippen molar-refractivity contribution in [3.63, 3.8) is 0 Å². The molecule has 0 aromatic carbocycles. The predicted octanol–water partition coefficient (Wildman–Crippen LogP) is 1.10. The van der Waals surface area contributed by atoms with Crippen molar-refractivity contribution in [2.75, 3.05) is 19.3 Å². The van der Waals surface area contributed by atoms with E-state index in [1.807, 2.05) is 0 Å². The van der Waals surface area contributed by atoms with Crippen molar-refractivity contribution in [3.8, 4) is 0 Å². The van der Waals surface area contributed by atoms with Crippen LogP contribution in [0.25, 0.3) is 0 Å². The largest absolute Gasteiger partial charge is 0.444 e. The average molecular weight is 351 g/mol. The van der Waals surface area contributed by atoms with Crippen LogP contribution in [-0.4, -0.2) is 68.5 Å². The van der Waals surface area contributed by atoms with Gasteiger partial charge in [-0.15, -0.1) is 0 Å². The molecule has 0 radical (unpaired) electrons. The molecule has 0 aliphatic carbocycles. The van der Waals surface area contributed by atoms with E-state index in [-0.39, 0.29) is 13.1 Å². The van der Waals surface area contributed by atoms with Crippen LogP contribution >= 0.6 is 0 Å². The minimum Gasteiger partial charge on any atom is -0.444 e. The molecule has 0 aromatic rings.